The van der Waals surface area contributed by atoms with E-state index in [0.717, 1.165) is 22.3 Å². The molecular weight excluding hydrogens is 452 g/mol. The third kappa shape index (κ3) is 4.49. The van der Waals surface area contributed by atoms with Crippen LogP contribution in [0.15, 0.2) is 48.5 Å². The summed E-state index contributed by atoms with van der Waals surface area (Å²) in [7, 11) is 0. The van der Waals surface area contributed by atoms with Crippen LogP contribution in [0.2, 0.25) is 0 Å². The summed E-state index contributed by atoms with van der Waals surface area (Å²) in [6, 6.07) is 15.5. The molecule has 9 heteroatoms. The number of aliphatic carboxylic acids is 1. The van der Waals surface area contributed by atoms with Crippen LogP contribution in [0.1, 0.15) is 29.9 Å². The van der Waals surface area contributed by atoms with Crippen LogP contribution in [0.5, 0.6) is 0 Å². The summed E-state index contributed by atoms with van der Waals surface area (Å²) in [5, 5.41) is 14.9. The number of hydrogen-bond donors (Lipinski definition) is 3. The highest BCUT2D eigenvalue weighted by molar-refractivity contribution is 5.91. The van der Waals surface area contributed by atoms with E-state index >= 15 is 0 Å². The number of fused-ring (bicyclic) bond motifs is 3. The molecular formula is C26H28N2O7. The van der Waals surface area contributed by atoms with Crippen molar-refractivity contribution in [2.24, 2.45) is 5.92 Å². The van der Waals surface area contributed by atoms with E-state index in [1.54, 1.807) is 0 Å². The van der Waals surface area contributed by atoms with E-state index < -0.39 is 35.5 Å². The number of carboxylic acid groups (broad SMARTS) is 1. The maximum absolute atomic E-state index is 13.3. The Morgan fingerprint density at radius 3 is 2.20 bits per heavy atom. The minimum atomic E-state index is -1.24. The highest BCUT2D eigenvalue weighted by Crippen LogP contribution is 2.44. The Bertz CT molecular complexity index is 1080. The standard InChI is InChI=1S/C26H28N2O7/c29-23(30)21-13-34-15-22(21)27-24(31)26(9-11-33-12-10-26)28-25(32)35-14-20-18-7-3-1-5-16(18)17-6-2-4-8-19(17)20/h1-8,20-22H,9-15H2,(H,27,31)(H,28,32)(H,29,30). The van der Waals surface area contributed by atoms with Crippen LogP contribution in [0.3, 0.4) is 0 Å². The third-order valence-electron chi connectivity index (χ3n) is 7.18. The summed E-state index contributed by atoms with van der Waals surface area (Å²) in [6.07, 6.45) is -0.177. The Balaban J connectivity index is 1.28. The SMILES string of the molecule is O=C(NC1(C(=O)NC2COCC2C(=O)O)CCOCC1)OCC1c2ccccc2-c2ccccc21. The number of benzene rings is 2. The zero-order chi connectivity index (χ0) is 24.4. The van der Waals surface area contributed by atoms with Crippen molar-refractivity contribution in [3.05, 3.63) is 59.7 Å². The Kier molecular flexibility index (Phi) is 6.44. The van der Waals surface area contributed by atoms with Crippen LogP contribution in [0.4, 0.5) is 4.79 Å². The first-order chi connectivity index (χ1) is 17.0. The van der Waals surface area contributed by atoms with Gasteiger partial charge >= 0.3 is 12.1 Å². The molecule has 3 N–H and O–H groups in total. The molecule has 0 radical (unpaired) electrons. The van der Waals surface area contributed by atoms with Gasteiger partial charge in [0, 0.05) is 32.0 Å². The molecule has 2 unspecified atom stereocenters. The Labute approximate surface area is 202 Å². The average molecular weight is 481 g/mol. The number of amides is 2. The number of rotatable bonds is 6. The normalized spacial score (nSPS) is 22.6. The fourth-order valence-electron chi connectivity index (χ4n) is 5.21. The summed E-state index contributed by atoms with van der Waals surface area (Å²) >= 11 is 0. The second kappa shape index (κ2) is 9.67. The van der Waals surface area contributed by atoms with E-state index in [1.807, 2.05) is 36.4 Å². The van der Waals surface area contributed by atoms with Gasteiger partial charge in [0.25, 0.3) is 0 Å². The van der Waals surface area contributed by atoms with Crippen molar-refractivity contribution in [1.29, 1.82) is 0 Å². The molecule has 0 bridgehead atoms. The van der Waals surface area contributed by atoms with E-state index in [0.29, 0.717) is 13.2 Å². The lowest BCUT2D eigenvalue weighted by Gasteiger charge is -2.37. The van der Waals surface area contributed by atoms with Crippen molar-refractivity contribution in [3.63, 3.8) is 0 Å². The molecule has 1 aliphatic carbocycles. The van der Waals surface area contributed by atoms with Crippen molar-refractivity contribution < 1.29 is 33.7 Å². The molecule has 2 aromatic carbocycles. The number of carboxylic acids is 1. The third-order valence-corrected chi connectivity index (χ3v) is 7.18. The van der Waals surface area contributed by atoms with Crippen molar-refractivity contribution in [1.82, 2.24) is 10.6 Å². The second-order valence-electron chi connectivity index (χ2n) is 9.21. The van der Waals surface area contributed by atoms with Gasteiger partial charge in [0.15, 0.2) is 0 Å². The lowest BCUT2D eigenvalue weighted by molar-refractivity contribution is -0.142. The number of carbonyl (C=O) groups excluding carboxylic acids is 2. The lowest BCUT2D eigenvalue weighted by Crippen LogP contribution is -2.63. The van der Waals surface area contributed by atoms with E-state index in [1.165, 1.54) is 0 Å². The van der Waals surface area contributed by atoms with Crippen LogP contribution < -0.4 is 10.6 Å². The largest absolute Gasteiger partial charge is 0.481 e. The fraction of sp³-hybridized carbons (Fsp3) is 0.423. The number of carbonyl (C=O) groups is 3. The van der Waals surface area contributed by atoms with Crippen molar-refractivity contribution >= 4 is 18.0 Å². The Morgan fingerprint density at radius 1 is 0.943 bits per heavy atom. The molecule has 3 aliphatic rings. The molecule has 0 saturated carbocycles. The highest BCUT2D eigenvalue weighted by Gasteiger charge is 2.45. The molecule has 9 nitrogen and oxygen atoms in total. The first-order valence-corrected chi connectivity index (χ1v) is 11.8. The Morgan fingerprint density at radius 2 is 1.57 bits per heavy atom. The quantitative estimate of drug-likeness (QED) is 0.580. The summed E-state index contributed by atoms with van der Waals surface area (Å²) < 4.78 is 16.3. The van der Waals surface area contributed by atoms with Gasteiger partial charge in [-0.1, -0.05) is 48.5 Å². The van der Waals surface area contributed by atoms with Gasteiger partial charge in [-0.3, -0.25) is 9.59 Å². The lowest BCUT2D eigenvalue weighted by atomic mass is 9.88. The molecule has 0 spiro atoms. The van der Waals surface area contributed by atoms with Gasteiger partial charge in [-0.05, 0) is 22.3 Å². The minimum Gasteiger partial charge on any atom is -0.481 e. The summed E-state index contributed by atoms with van der Waals surface area (Å²) in [6.45, 7) is 0.864. The summed E-state index contributed by atoms with van der Waals surface area (Å²) in [4.78, 5) is 37.7. The smallest absolute Gasteiger partial charge is 0.408 e. The monoisotopic (exact) mass is 480 g/mol. The number of alkyl carbamates (subject to hydrolysis) is 1. The summed E-state index contributed by atoms with van der Waals surface area (Å²) in [5.74, 6) is -2.40. The molecule has 2 aliphatic heterocycles. The van der Waals surface area contributed by atoms with Gasteiger partial charge in [0.1, 0.15) is 18.1 Å². The molecule has 2 heterocycles. The van der Waals surface area contributed by atoms with Crippen LogP contribution in [0, 0.1) is 5.92 Å². The van der Waals surface area contributed by atoms with Gasteiger partial charge in [-0.2, -0.15) is 0 Å². The van der Waals surface area contributed by atoms with E-state index in [-0.39, 0.29) is 38.6 Å². The molecule has 5 rings (SSSR count). The van der Waals surface area contributed by atoms with Gasteiger partial charge in [0.2, 0.25) is 5.91 Å². The maximum Gasteiger partial charge on any atom is 0.408 e. The molecule has 2 saturated heterocycles. The van der Waals surface area contributed by atoms with E-state index in [4.69, 9.17) is 14.2 Å². The van der Waals surface area contributed by atoms with Crippen LogP contribution in [-0.4, -0.2) is 67.7 Å². The summed E-state index contributed by atoms with van der Waals surface area (Å²) in [5.41, 5.74) is 3.21. The van der Waals surface area contributed by atoms with E-state index in [2.05, 4.69) is 22.8 Å². The van der Waals surface area contributed by atoms with E-state index in [9.17, 15) is 19.5 Å². The second-order valence-corrected chi connectivity index (χ2v) is 9.21. The predicted octanol–water partition coefficient (Wildman–Crippen LogP) is 2.29. The van der Waals surface area contributed by atoms with Crippen LogP contribution in [0.25, 0.3) is 11.1 Å². The van der Waals surface area contributed by atoms with Crippen molar-refractivity contribution in [2.45, 2.75) is 30.3 Å². The van der Waals surface area contributed by atoms with Crippen LogP contribution >= 0.6 is 0 Å². The van der Waals surface area contributed by atoms with Gasteiger partial charge < -0.3 is 30.0 Å². The average Bonchev–Trinajstić information content (AvgIpc) is 3.46. The molecule has 184 valence electrons. The van der Waals surface area contributed by atoms with Gasteiger partial charge in [0.05, 0.1) is 19.3 Å². The fourth-order valence-corrected chi connectivity index (χ4v) is 5.21. The number of ether oxygens (including phenoxy) is 3. The predicted molar refractivity (Wildman–Crippen MR) is 125 cm³/mol. The molecule has 2 atom stereocenters. The Hall–Kier alpha value is -3.43. The minimum absolute atomic E-state index is 0.0379. The topological polar surface area (TPSA) is 123 Å². The van der Waals surface area contributed by atoms with Crippen molar-refractivity contribution in [2.75, 3.05) is 33.0 Å². The molecule has 2 fully saturated rings. The number of nitrogens with one attached hydrogen (secondary N) is 2. The molecule has 2 amide bonds. The first-order valence-electron chi connectivity index (χ1n) is 11.8. The molecule has 2 aromatic rings. The zero-order valence-electron chi connectivity index (χ0n) is 19.2. The maximum atomic E-state index is 13.3. The van der Waals surface area contributed by atoms with Gasteiger partial charge in [-0.25, -0.2) is 4.79 Å². The van der Waals surface area contributed by atoms with Crippen LogP contribution in [-0.2, 0) is 23.8 Å². The zero-order valence-corrected chi connectivity index (χ0v) is 19.2. The molecule has 0 aromatic heterocycles. The first kappa shape index (κ1) is 23.3. The number of hydrogen-bond acceptors (Lipinski definition) is 6. The van der Waals surface area contributed by atoms with Crippen molar-refractivity contribution in [3.8, 4) is 11.1 Å². The molecule has 35 heavy (non-hydrogen) atoms. The highest BCUT2D eigenvalue weighted by atomic mass is 16.5. The van der Waals surface area contributed by atoms with Gasteiger partial charge in [-0.15, -0.1) is 0 Å².